The molecule has 57 heavy (non-hydrogen) atoms. The Morgan fingerprint density at radius 3 is 2.02 bits per heavy atom. The van der Waals surface area contributed by atoms with Crippen LogP contribution in [0, 0.1) is 11.8 Å². The molecule has 4 atom stereocenters. The Kier molecular flexibility index (Phi) is 11.9. The number of ether oxygens (including phenoxy) is 1. The third-order valence-corrected chi connectivity index (χ3v) is 10.5. The quantitative estimate of drug-likeness (QED) is 0.100. The van der Waals surface area contributed by atoms with Gasteiger partial charge in [-0.05, 0) is 37.5 Å². The van der Waals surface area contributed by atoms with E-state index in [0.717, 1.165) is 6.42 Å². The predicted octanol–water partition coefficient (Wildman–Crippen LogP) is 6.93. The fourth-order valence-corrected chi connectivity index (χ4v) is 7.54. The Balaban J connectivity index is 1.18. The first kappa shape index (κ1) is 40.7. The van der Waals surface area contributed by atoms with Gasteiger partial charge in [-0.2, -0.15) is 13.2 Å². The van der Waals surface area contributed by atoms with Crippen LogP contribution in [0.2, 0.25) is 0 Å². The first-order valence-electron chi connectivity index (χ1n) is 18.8. The minimum atomic E-state index is -4.71. The summed E-state index contributed by atoms with van der Waals surface area (Å²) in [7, 11) is 1.26. The summed E-state index contributed by atoms with van der Waals surface area (Å²) in [5, 5.41) is 14.4. The number of H-pyrrole nitrogens is 2. The van der Waals surface area contributed by atoms with Gasteiger partial charge in [-0.1, -0.05) is 58.5 Å². The summed E-state index contributed by atoms with van der Waals surface area (Å²) in [6.45, 7) is 12.6. The number of halogens is 3. The van der Waals surface area contributed by atoms with Gasteiger partial charge < -0.3 is 40.2 Å². The van der Waals surface area contributed by atoms with Crippen LogP contribution in [0.1, 0.15) is 82.8 Å². The molecule has 2 aliphatic heterocycles. The summed E-state index contributed by atoms with van der Waals surface area (Å²) in [4.78, 5) is 64.1. The van der Waals surface area contributed by atoms with Crippen molar-refractivity contribution in [3.05, 3.63) is 72.5 Å². The SMILES string of the molecule is C=C(C(NC(=O)OC)C(C)C)N1CCC[C@H]1c1nc(-c2ccc(-c3ncc(-c4cnc(C5CCCN5C(=O)[C@@H](NC(=O)O)C(C)C)[nH]4)cn3)cc2)c(C(F)(F)F)[nH]1. The predicted molar refractivity (Wildman–Crippen MR) is 203 cm³/mol. The summed E-state index contributed by atoms with van der Waals surface area (Å²) in [6, 6.07) is 4.13. The number of likely N-dealkylation sites (tertiary alicyclic amines) is 2. The van der Waals surface area contributed by atoms with Gasteiger partial charge in [0.15, 0.2) is 5.82 Å². The molecule has 0 bridgehead atoms. The van der Waals surface area contributed by atoms with E-state index in [4.69, 9.17) is 4.74 Å². The average molecular weight is 793 g/mol. The Morgan fingerprint density at radius 2 is 1.44 bits per heavy atom. The monoisotopic (exact) mass is 792 g/mol. The molecular weight excluding hydrogens is 745 g/mol. The second-order valence-electron chi connectivity index (χ2n) is 15.0. The molecule has 3 aromatic heterocycles. The van der Waals surface area contributed by atoms with Gasteiger partial charge in [-0.3, -0.25) is 4.79 Å². The van der Waals surface area contributed by atoms with Crippen LogP contribution in [0.25, 0.3) is 33.9 Å². The number of carboxylic acid groups (broad SMARTS) is 1. The average Bonchev–Trinajstić information content (AvgIpc) is 4.01. The largest absolute Gasteiger partial charge is 0.465 e. The van der Waals surface area contributed by atoms with Crippen LogP contribution in [-0.4, -0.2) is 95.2 Å². The highest BCUT2D eigenvalue weighted by molar-refractivity contribution is 5.86. The molecule has 18 heteroatoms. The molecule has 304 valence electrons. The zero-order valence-electron chi connectivity index (χ0n) is 32.4. The molecule has 5 heterocycles. The number of hydrogen-bond acceptors (Lipinski definition) is 9. The lowest BCUT2D eigenvalue weighted by Gasteiger charge is -2.34. The second-order valence-corrected chi connectivity index (χ2v) is 15.0. The Bertz CT molecular complexity index is 2080. The molecule has 0 spiro atoms. The molecule has 0 saturated carbocycles. The van der Waals surface area contributed by atoms with E-state index < -0.39 is 42.2 Å². The summed E-state index contributed by atoms with van der Waals surface area (Å²) >= 11 is 0. The zero-order chi connectivity index (χ0) is 41.2. The van der Waals surface area contributed by atoms with Gasteiger partial charge in [0.25, 0.3) is 0 Å². The Morgan fingerprint density at radius 1 is 0.842 bits per heavy atom. The van der Waals surface area contributed by atoms with Gasteiger partial charge in [0, 0.05) is 47.9 Å². The molecule has 0 aliphatic carbocycles. The van der Waals surface area contributed by atoms with Gasteiger partial charge in [-0.15, -0.1) is 0 Å². The molecular formula is C39H47F3N10O5. The number of amides is 3. The van der Waals surface area contributed by atoms with Crippen molar-refractivity contribution in [3.63, 3.8) is 0 Å². The minimum absolute atomic E-state index is 0.0609. The van der Waals surface area contributed by atoms with E-state index in [1.807, 2.05) is 18.7 Å². The van der Waals surface area contributed by atoms with Crippen molar-refractivity contribution >= 4 is 18.1 Å². The molecule has 2 unspecified atom stereocenters. The van der Waals surface area contributed by atoms with Gasteiger partial charge in [0.2, 0.25) is 5.91 Å². The number of benzene rings is 1. The number of aromatic amines is 2. The van der Waals surface area contributed by atoms with E-state index in [2.05, 4.69) is 47.1 Å². The number of carbonyl (C=O) groups is 3. The van der Waals surface area contributed by atoms with Crippen molar-refractivity contribution in [3.8, 4) is 33.9 Å². The van der Waals surface area contributed by atoms with Gasteiger partial charge in [0.05, 0.1) is 37.1 Å². The summed E-state index contributed by atoms with van der Waals surface area (Å²) < 4.78 is 48.1. The van der Waals surface area contributed by atoms with Crippen LogP contribution in [-0.2, 0) is 15.7 Å². The van der Waals surface area contributed by atoms with Crippen molar-refractivity contribution < 1.29 is 37.4 Å². The molecule has 5 N–H and O–H groups in total. The lowest BCUT2D eigenvalue weighted by Crippen LogP contribution is -2.50. The number of imidazole rings is 2. The molecule has 4 aromatic rings. The molecule has 15 nitrogen and oxygen atoms in total. The van der Waals surface area contributed by atoms with Gasteiger partial charge in [0.1, 0.15) is 29.1 Å². The maximum absolute atomic E-state index is 14.4. The van der Waals surface area contributed by atoms with Crippen LogP contribution in [0.3, 0.4) is 0 Å². The number of rotatable bonds is 12. The van der Waals surface area contributed by atoms with Crippen LogP contribution < -0.4 is 10.6 Å². The smallest absolute Gasteiger partial charge is 0.433 e. The lowest BCUT2D eigenvalue weighted by molar-refractivity contribution is -0.140. The third kappa shape index (κ3) is 8.73. The highest BCUT2D eigenvalue weighted by Crippen LogP contribution is 2.41. The number of nitrogens with zero attached hydrogens (tertiary/aromatic N) is 6. The standard InChI is InChI=1S/C39H47F3N10O5/c1-20(2)29(49-38(56)57-6)22(5)51-15-7-10-28(51)35-47-31(32(50-35)39(40,41)42)23-11-13-24(14-12-23)33-43-17-25(18-44-33)26-19-45-34(46-26)27-9-8-16-52(27)36(53)30(21(3)4)48-37(54)55/h11-14,17-21,27-30,48H,5,7-10,15-16H2,1-4,6H3,(H,45,46)(H,47,50)(H,49,56)(H,54,55)/t27?,28-,29?,30-/m0/s1. The highest BCUT2D eigenvalue weighted by atomic mass is 19.4. The van der Waals surface area contributed by atoms with E-state index in [0.29, 0.717) is 66.5 Å². The lowest BCUT2D eigenvalue weighted by atomic mass is 10.00. The fourth-order valence-electron chi connectivity index (χ4n) is 7.54. The van der Waals surface area contributed by atoms with Crippen molar-refractivity contribution in [1.82, 2.24) is 50.3 Å². The van der Waals surface area contributed by atoms with Crippen LogP contribution in [0.15, 0.2) is 55.1 Å². The highest BCUT2D eigenvalue weighted by Gasteiger charge is 2.41. The molecule has 2 fully saturated rings. The Hall–Kier alpha value is -5.94. The summed E-state index contributed by atoms with van der Waals surface area (Å²) in [5.41, 5.74) is 1.44. The van der Waals surface area contributed by atoms with E-state index in [1.54, 1.807) is 61.6 Å². The number of methoxy groups -OCH3 is 1. The number of alkyl halides is 3. The van der Waals surface area contributed by atoms with E-state index in [-0.39, 0.29) is 40.9 Å². The number of hydrogen-bond donors (Lipinski definition) is 5. The van der Waals surface area contributed by atoms with E-state index >= 15 is 0 Å². The molecule has 2 aliphatic rings. The van der Waals surface area contributed by atoms with Gasteiger partial charge >= 0.3 is 18.4 Å². The van der Waals surface area contributed by atoms with Crippen LogP contribution in [0.4, 0.5) is 22.8 Å². The summed E-state index contributed by atoms with van der Waals surface area (Å²) in [6.07, 6.45) is 0.877. The minimum Gasteiger partial charge on any atom is -0.465 e. The molecule has 6 rings (SSSR count). The van der Waals surface area contributed by atoms with Crippen LogP contribution in [0.5, 0.6) is 0 Å². The number of nitrogens with one attached hydrogen (secondary N) is 4. The number of alkyl carbamates (subject to hydrolysis) is 1. The maximum Gasteiger partial charge on any atom is 0.433 e. The first-order valence-corrected chi connectivity index (χ1v) is 18.8. The van der Waals surface area contributed by atoms with Crippen LogP contribution >= 0.6 is 0 Å². The molecule has 2 saturated heterocycles. The van der Waals surface area contributed by atoms with Gasteiger partial charge in [-0.25, -0.2) is 29.5 Å². The van der Waals surface area contributed by atoms with E-state index in [9.17, 15) is 32.7 Å². The molecule has 3 amide bonds. The number of carbonyl (C=O) groups excluding carboxylic acids is 2. The first-order chi connectivity index (χ1) is 27.1. The second kappa shape index (κ2) is 16.7. The number of aromatic nitrogens is 6. The van der Waals surface area contributed by atoms with Crippen molar-refractivity contribution in [2.75, 3.05) is 20.2 Å². The van der Waals surface area contributed by atoms with Crippen molar-refractivity contribution in [1.29, 1.82) is 0 Å². The zero-order valence-corrected chi connectivity index (χ0v) is 32.4. The fraction of sp³-hybridized carbons (Fsp3) is 0.462. The Labute approximate surface area is 327 Å². The third-order valence-electron chi connectivity index (χ3n) is 10.5. The molecule has 0 radical (unpaired) electrons. The van der Waals surface area contributed by atoms with E-state index in [1.165, 1.54) is 7.11 Å². The maximum atomic E-state index is 14.4. The van der Waals surface area contributed by atoms with Crippen molar-refractivity contribution in [2.24, 2.45) is 11.8 Å². The normalized spacial score (nSPS) is 18.2. The topological polar surface area (TPSA) is 194 Å². The molecule has 1 aromatic carbocycles. The van der Waals surface area contributed by atoms with Crippen molar-refractivity contribution in [2.45, 2.75) is 83.7 Å². The summed E-state index contributed by atoms with van der Waals surface area (Å²) in [5.74, 6) is 0.462.